The molecule has 4 aromatic rings. The maximum atomic E-state index is 14.6. The first-order valence-corrected chi connectivity index (χ1v) is 9.86. The Labute approximate surface area is 190 Å². The Bertz CT molecular complexity index is 1320. The number of hydrogen-bond acceptors (Lipinski definition) is 6. The SMILES string of the molecule is Cn1cc(Nc2ncc(-c3ccc(CC(=O)Nc4cncc(C(F)(F)F)c4)c(F)c3)cn2)cn1. The van der Waals surface area contributed by atoms with E-state index < -0.39 is 23.5 Å². The van der Waals surface area contributed by atoms with Crippen LogP contribution >= 0.6 is 0 Å². The molecule has 0 unspecified atom stereocenters. The van der Waals surface area contributed by atoms with Gasteiger partial charge in [-0.1, -0.05) is 12.1 Å². The number of halogens is 4. The van der Waals surface area contributed by atoms with Crippen molar-refractivity contribution in [3.63, 3.8) is 0 Å². The van der Waals surface area contributed by atoms with E-state index in [1.807, 2.05) is 0 Å². The van der Waals surface area contributed by atoms with Gasteiger partial charge < -0.3 is 10.6 Å². The molecule has 0 radical (unpaired) electrons. The minimum absolute atomic E-state index is 0.0805. The third-order valence-corrected chi connectivity index (χ3v) is 4.70. The zero-order valence-corrected chi connectivity index (χ0v) is 17.6. The van der Waals surface area contributed by atoms with Gasteiger partial charge >= 0.3 is 6.18 Å². The number of amides is 1. The average Bonchev–Trinajstić information content (AvgIpc) is 3.20. The van der Waals surface area contributed by atoms with Crippen LogP contribution in [0.5, 0.6) is 0 Å². The highest BCUT2D eigenvalue weighted by atomic mass is 19.4. The summed E-state index contributed by atoms with van der Waals surface area (Å²) in [6, 6.07) is 5.03. The van der Waals surface area contributed by atoms with Crippen molar-refractivity contribution in [3.8, 4) is 11.1 Å². The molecule has 1 amide bonds. The number of benzene rings is 1. The van der Waals surface area contributed by atoms with Crippen LogP contribution in [0.15, 0.2) is 61.4 Å². The van der Waals surface area contributed by atoms with Gasteiger partial charge in [-0.2, -0.15) is 18.3 Å². The van der Waals surface area contributed by atoms with Crippen LogP contribution in [-0.4, -0.2) is 30.6 Å². The number of anilines is 3. The maximum Gasteiger partial charge on any atom is 0.417 e. The van der Waals surface area contributed by atoms with E-state index in [2.05, 4.69) is 30.7 Å². The van der Waals surface area contributed by atoms with Gasteiger partial charge in [-0.15, -0.1) is 0 Å². The molecule has 0 bridgehead atoms. The lowest BCUT2D eigenvalue weighted by Gasteiger charge is -2.10. The number of nitrogens with one attached hydrogen (secondary N) is 2. The number of carbonyl (C=O) groups excluding carboxylic acids is 1. The van der Waals surface area contributed by atoms with Crippen LogP contribution in [0.2, 0.25) is 0 Å². The second-order valence-electron chi connectivity index (χ2n) is 7.31. The van der Waals surface area contributed by atoms with E-state index in [9.17, 15) is 22.4 Å². The number of aromatic nitrogens is 5. The van der Waals surface area contributed by atoms with Gasteiger partial charge in [0.1, 0.15) is 5.82 Å². The van der Waals surface area contributed by atoms with Gasteiger partial charge in [0, 0.05) is 37.4 Å². The lowest BCUT2D eigenvalue weighted by molar-refractivity contribution is -0.137. The van der Waals surface area contributed by atoms with Crippen molar-refractivity contribution in [2.24, 2.45) is 7.05 Å². The van der Waals surface area contributed by atoms with Gasteiger partial charge in [-0.3, -0.25) is 14.5 Å². The molecule has 4 rings (SSSR count). The first-order valence-electron chi connectivity index (χ1n) is 9.86. The topological polar surface area (TPSA) is 97.6 Å². The van der Waals surface area contributed by atoms with Crippen LogP contribution in [0, 0.1) is 5.82 Å². The van der Waals surface area contributed by atoms with E-state index in [0.29, 0.717) is 29.0 Å². The summed E-state index contributed by atoms with van der Waals surface area (Å²) in [5.41, 5.74) is 0.721. The third-order valence-electron chi connectivity index (χ3n) is 4.70. The minimum Gasteiger partial charge on any atom is -0.324 e. The summed E-state index contributed by atoms with van der Waals surface area (Å²) in [6.45, 7) is 0. The fourth-order valence-corrected chi connectivity index (χ4v) is 3.07. The predicted octanol–water partition coefficient (Wildman–Crippen LogP) is 4.35. The van der Waals surface area contributed by atoms with Crippen LogP contribution < -0.4 is 10.6 Å². The quantitative estimate of drug-likeness (QED) is 0.406. The van der Waals surface area contributed by atoms with Gasteiger partial charge in [0.15, 0.2) is 0 Å². The van der Waals surface area contributed by atoms with E-state index in [0.717, 1.165) is 12.3 Å². The maximum absolute atomic E-state index is 14.6. The van der Waals surface area contributed by atoms with E-state index >= 15 is 0 Å². The summed E-state index contributed by atoms with van der Waals surface area (Å²) in [5.74, 6) is -0.982. The summed E-state index contributed by atoms with van der Waals surface area (Å²) in [5, 5.41) is 9.32. The summed E-state index contributed by atoms with van der Waals surface area (Å²) in [4.78, 5) is 24.1. The van der Waals surface area contributed by atoms with Crippen molar-refractivity contribution in [3.05, 3.63) is 78.4 Å². The van der Waals surface area contributed by atoms with E-state index in [1.165, 1.54) is 24.5 Å². The van der Waals surface area contributed by atoms with Crippen molar-refractivity contribution in [2.45, 2.75) is 12.6 Å². The Morgan fingerprint density at radius 3 is 2.41 bits per heavy atom. The van der Waals surface area contributed by atoms with Crippen LogP contribution in [0.4, 0.5) is 34.9 Å². The summed E-state index contributed by atoms with van der Waals surface area (Å²) >= 11 is 0. The molecular formula is C22H17F4N7O. The monoisotopic (exact) mass is 471 g/mol. The van der Waals surface area contributed by atoms with Crippen molar-refractivity contribution < 1.29 is 22.4 Å². The van der Waals surface area contributed by atoms with Gasteiger partial charge in [0.2, 0.25) is 11.9 Å². The molecule has 0 aliphatic heterocycles. The second-order valence-corrected chi connectivity index (χ2v) is 7.31. The summed E-state index contributed by atoms with van der Waals surface area (Å²) in [6.07, 6.45) is 3.19. The molecule has 3 heterocycles. The first-order chi connectivity index (χ1) is 16.2. The molecule has 174 valence electrons. The van der Waals surface area contributed by atoms with Crippen LogP contribution in [-0.2, 0) is 24.4 Å². The number of nitrogens with zero attached hydrogens (tertiary/aromatic N) is 5. The highest BCUT2D eigenvalue weighted by molar-refractivity contribution is 5.92. The second kappa shape index (κ2) is 9.25. The Kier molecular flexibility index (Phi) is 6.21. The molecule has 12 heteroatoms. The third kappa shape index (κ3) is 5.52. The van der Waals surface area contributed by atoms with Crippen molar-refractivity contribution in [1.29, 1.82) is 0 Å². The number of carbonyl (C=O) groups is 1. The molecule has 0 spiro atoms. The van der Waals surface area contributed by atoms with E-state index in [-0.39, 0.29) is 17.7 Å². The molecule has 0 atom stereocenters. The van der Waals surface area contributed by atoms with Gasteiger partial charge in [-0.25, -0.2) is 14.4 Å². The van der Waals surface area contributed by atoms with Crippen LogP contribution in [0.3, 0.4) is 0 Å². The first kappa shape index (κ1) is 22.8. The Morgan fingerprint density at radius 2 is 1.76 bits per heavy atom. The molecule has 0 aliphatic rings. The number of rotatable bonds is 6. The molecule has 0 saturated heterocycles. The van der Waals surface area contributed by atoms with Crippen LogP contribution in [0.1, 0.15) is 11.1 Å². The fourth-order valence-electron chi connectivity index (χ4n) is 3.07. The number of hydrogen-bond donors (Lipinski definition) is 2. The van der Waals surface area contributed by atoms with Crippen molar-refractivity contribution >= 4 is 23.2 Å². The Balaban J connectivity index is 1.41. The van der Waals surface area contributed by atoms with Crippen molar-refractivity contribution in [1.82, 2.24) is 24.7 Å². The van der Waals surface area contributed by atoms with Gasteiger partial charge in [0.05, 0.1) is 35.8 Å². The molecule has 0 aliphatic carbocycles. The normalized spacial score (nSPS) is 11.3. The standard InChI is InChI=1S/C22H17F4N7O/c1-33-12-18(11-30-33)32-21-28-7-15(8-29-21)13-2-3-14(19(23)4-13)5-20(34)31-17-6-16(9-27-10-17)22(24,25)26/h2-4,6-12H,5H2,1H3,(H,31,34)(H,28,29,32). The summed E-state index contributed by atoms with van der Waals surface area (Å²) in [7, 11) is 1.78. The number of aryl methyl sites for hydroxylation is 1. The number of pyridine rings is 1. The lowest BCUT2D eigenvalue weighted by atomic mass is 10.0. The zero-order valence-electron chi connectivity index (χ0n) is 17.6. The molecule has 8 nitrogen and oxygen atoms in total. The van der Waals surface area contributed by atoms with E-state index in [1.54, 1.807) is 30.2 Å². The number of alkyl halides is 3. The molecule has 0 saturated carbocycles. The lowest BCUT2D eigenvalue weighted by Crippen LogP contribution is -2.16. The highest BCUT2D eigenvalue weighted by Crippen LogP contribution is 2.30. The zero-order chi connectivity index (χ0) is 24.3. The highest BCUT2D eigenvalue weighted by Gasteiger charge is 2.31. The Morgan fingerprint density at radius 1 is 1.00 bits per heavy atom. The van der Waals surface area contributed by atoms with Gasteiger partial charge in [-0.05, 0) is 23.3 Å². The molecule has 3 aromatic heterocycles. The average molecular weight is 471 g/mol. The molecular weight excluding hydrogens is 454 g/mol. The van der Waals surface area contributed by atoms with Gasteiger partial charge in [0.25, 0.3) is 0 Å². The fraction of sp³-hybridized carbons (Fsp3) is 0.136. The molecule has 2 N–H and O–H groups in total. The predicted molar refractivity (Wildman–Crippen MR) is 115 cm³/mol. The Hall–Kier alpha value is -4.35. The van der Waals surface area contributed by atoms with Crippen molar-refractivity contribution in [2.75, 3.05) is 10.6 Å². The molecule has 34 heavy (non-hydrogen) atoms. The minimum atomic E-state index is -4.59. The smallest absolute Gasteiger partial charge is 0.324 e. The molecule has 1 aromatic carbocycles. The van der Waals surface area contributed by atoms with Crippen LogP contribution in [0.25, 0.3) is 11.1 Å². The largest absolute Gasteiger partial charge is 0.417 e. The van der Waals surface area contributed by atoms with E-state index in [4.69, 9.17) is 0 Å². The molecule has 0 fully saturated rings. The summed E-state index contributed by atoms with van der Waals surface area (Å²) < 4.78 is 54.6.